The highest BCUT2D eigenvalue weighted by Gasteiger charge is 2.21. The maximum atomic E-state index is 12.2. The number of rotatable bonds is 3. The van der Waals surface area contributed by atoms with Gasteiger partial charge in [0.2, 0.25) is 5.91 Å². The van der Waals surface area contributed by atoms with Crippen LogP contribution in [0.4, 0.5) is 5.00 Å². The third-order valence-electron chi connectivity index (χ3n) is 4.34. The smallest absolute Gasteiger partial charge is 0.249 e. The summed E-state index contributed by atoms with van der Waals surface area (Å²) in [6, 6.07) is 8.26. The van der Waals surface area contributed by atoms with Crippen LogP contribution in [0, 0.1) is 25.2 Å². The van der Waals surface area contributed by atoms with Gasteiger partial charge in [-0.3, -0.25) is 4.79 Å². The normalized spacial score (nSPS) is 13.5. The lowest BCUT2D eigenvalue weighted by atomic mass is 10.0. The number of aryl methyl sites for hydroxylation is 1. The number of nitrogens with zero attached hydrogens (tertiary/aromatic N) is 1. The van der Waals surface area contributed by atoms with Gasteiger partial charge in [0.1, 0.15) is 11.1 Å². The van der Waals surface area contributed by atoms with E-state index in [1.54, 1.807) is 0 Å². The first kappa shape index (κ1) is 16.4. The van der Waals surface area contributed by atoms with E-state index in [0.29, 0.717) is 10.6 Å². The van der Waals surface area contributed by atoms with Crippen molar-refractivity contribution >= 4 is 28.3 Å². The Bertz CT molecular complexity index is 858. The molecule has 0 saturated carbocycles. The Hall–Kier alpha value is -2.42. The van der Waals surface area contributed by atoms with Crippen molar-refractivity contribution in [1.82, 2.24) is 5.32 Å². The lowest BCUT2D eigenvalue weighted by molar-refractivity contribution is -0.111. The Morgan fingerprint density at radius 3 is 3.04 bits per heavy atom. The number of hydrogen-bond donors (Lipinski definition) is 2. The van der Waals surface area contributed by atoms with Gasteiger partial charge < -0.3 is 10.6 Å². The zero-order chi connectivity index (χ0) is 17.1. The molecule has 122 valence electrons. The van der Waals surface area contributed by atoms with Crippen molar-refractivity contribution in [2.45, 2.75) is 26.8 Å². The monoisotopic (exact) mass is 337 g/mol. The van der Waals surface area contributed by atoms with Crippen LogP contribution < -0.4 is 10.6 Å². The molecule has 0 fully saturated rings. The Labute approximate surface area is 145 Å². The molecule has 0 unspecified atom stereocenters. The molecule has 24 heavy (non-hydrogen) atoms. The minimum Gasteiger partial charge on any atom is -0.313 e. The first-order valence-electron chi connectivity index (χ1n) is 7.90. The average Bonchev–Trinajstić information content (AvgIpc) is 2.93. The molecule has 5 heteroatoms. The number of carbonyl (C=O) groups is 1. The van der Waals surface area contributed by atoms with Gasteiger partial charge in [0.25, 0.3) is 0 Å². The molecule has 1 aliphatic heterocycles. The first-order valence-corrected chi connectivity index (χ1v) is 8.72. The van der Waals surface area contributed by atoms with Crippen LogP contribution in [0.3, 0.4) is 0 Å². The molecule has 1 aliphatic rings. The molecule has 2 N–H and O–H groups in total. The molecule has 1 aromatic heterocycles. The van der Waals surface area contributed by atoms with Crippen LogP contribution in [0.25, 0.3) is 6.08 Å². The van der Waals surface area contributed by atoms with Gasteiger partial charge >= 0.3 is 0 Å². The lowest BCUT2D eigenvalue weighted by Crippen LogP contribution is -2.22. The summed E-state index contributed by atoms with van der Waals surface area (Å²) in [7, 11) is 0. The third kappa shape index (κ3) is 3.25. The number of fused-ring (bicyclic) bond motifs is 1. The molecule has 0 spiro atoms. The second-order valence-corrected chi connectivity index (χ2v) is 6.96. The zero-order valence-corrected chi connectivity index (χ0v) is 14.6. The van der Waals surface area contributed by atoms with E-state index in [0.717, 1.165) is 41.1 Å². The van der Waals surface area contributed by atoms with Gasteiger partial charge in [0.05, 0.1) is 5.56 Å². The Morgan fingerprint density at radius 2 is 2.25 bits per heavy atom. The van der Waals surface area contributed by atoms with Crippen molar-refractivity contribution in [3.05, 3.63) is 57.0 Å². The zero-order valence-electron chi connectivity index (χ0n) is 13.8. The van der Waals surface area contributed by atoms with Crippen LogP contribution in [0.1, 0.15) is 32.7 Å². The van der Waals surface area contributed by atoms with E-state index in [2.05, 4.69) is 29.7 Å². The minimum absolute atomic E-state index is 0.209. The largest absolute Gasteiger partial charge is 0.313 e. The fourth-order valence-electron chi connectivity index (χ4n) is 2.81. The van der Waals surface area contributed by atoms with Crippen LogP contribution in [0.15, 0.2) is 24.3 Å². The van der Waals surface area contributed by atoms with Gasteiger partial charge in [-0.2, -0.15) is 5.26 Å². The van der Waals surface area contributed by atoms with Gasteiger partial charge in [-0.15, -0.1) is 11.3 Å². The fourth-order valence-corrected chi connectivity index (χ4v) is 3.98. The van der Waals surface area contributed by atoms with E-state index in [-0.39, 0.29) is 5.91 Å². The predicted octanol–water partition coefficient (Wildman–Crippen LogP) is 3.53. The van der Waals surface area contributed by atoms with E-state index in [1.807, 2.05) is 25.1 Å². The van der Waals surface area contributed by atoms with Crippen LogP contribution in [-0.2, 0) is 17.8 Å². The summed E-state index contributed by atoms with van der Waals surface area (Å²) >= 11 is 1.49. The number of amides is 1. The van der Waals surface area contributed by atoms with E-state index in [9.17, 15) is 10.1 Å². The number of thiophene rings is 1. The van der Waals surface area contributed by atoms with Crippen LogP contribution >= 0.6 is 11.3 Å². The standard InChI is InChI=1S/C19H19N3OS/c1-12-4-3-5-14(13(12)2)6-7-18(23)22-19-16(10-20)15-8-9-21-11-17(15)24-19/h3-7,21H,8-9,11H2,1-2H3,(H,22,23)/b7-6-. The Morgan fingerprint density at radius 1 is 1.42 bits per heavy atom. The van der Waals surface area contributed by atoms with Gasteiger partial charge in [0, 0.05) is 17.5 Å². The summed E-state index contributed by atoms with van der Waals surface area (Å²) in [4.78, 5) is 13.4. The van der Waals surface area contributed by atoms with Crippen LogP contribution in [-0.4, -0.2) is 12.5 Å². The average molecular weight is 337 g/mol. The van der Waals surface area contributed by atoms with Crippen molar-refractivity contribution in [2.24, 2.45) is 0 Å². The van der Waals surface area contributed by atoms with E-state index in [1.165, 1.54) is 23.0 Å². The fraction of sp³-hybridized carbons (Fsp3) is 0.263. The van der Waals surface area contributed by atoms with E-state index < -0.39 is 0 Å². The molecule has 0 aliphatic carbocycles. The maximum absolute atomic E-state index is 12.2. The summed E-state index contributed by atoms with van der Waals surface area (Å²) in [5.41, 5.74) is 5.08. The molecule has 2 heterocycles. The first-order chi connectivity index (χ1) is 11.6. The molecule has 0 atom stereocenters. The van der Waals surface area contributed by atoms with Gasteiger partial charge in [-0.25, -0.2) is 0 Å². The van der Waals surface area contributed by atoms with Crippen molar-refractivity contribution in [3.8, 4) is 6.07 Å². The highest BCUT2D eigenvalue weighted by Crippen LogP contribution is 2.34. The molecular formula is C19H19N3OS. The minimum atomic E-state index is -0.209. The second kappa shape index (κ2) is 7.00. The Balaban J connectivity index is 1.78. The number of nitrogens with one attached hydrogen (secondary N) is 2. The van der Waals surface area contributed by atoms with Gasteiger partial charge in [-0.05, 0) is 55.1 Å². The van der Waals surface area contributed by atoms with Crippen molar-refractivity contribution in [2.75, 3.05) is 11.9 Å². The highest BCUT2D eigenvalue weighted by molar-refractivity contribution is 7.16. The van der Waals surface area contributed by atoms with E-state index in [4.69, 9.17) is 0 Å². The summed E-state index contributed by atoms with van der Waals surface area (Å²) < 4.78 is 0. The van der Waals surface area contributed by atoms with Crippen molar-refractivity contribution in [1.29, 1.82) is 5.26 Å². The molecule has 0 saturated heterocycles. The lowest BCUT2D eigenvalue weighted by Gasteiger charge is -2.11. The van der Waals surface area contributed by atoms with Crippen molar-refractivity contribution in [3.63, 3.8) is 0 Å². The molecule has 0 bridgehead atoms. The number of hydrogen-bond acceptors (Lipinski definition) is 4. The summed E-state index contributed by atoms with van der Waals surface area (Å²) in [6.45, 7) is 5.73. The topological polar surface area (TPSA) is 64.9 Å². The molecular weight excluding hydrogens is 318 g/mol. The summed E-state index contributed by atoms with van der Waals surface area (Å²) in [6.07, 6.45) is 4.18. The predicted molar refractivity (Wildman–Crippen MR) is 98.0 cm³/mol. The molecule has 1 amide bonds. The van der Waals surface area contributed by atoms with Crippen LogP contribution in [0.5, 0.6) is 0 Å². The van der Waals surface area contributed by atoms with Crippen molar-refractivity contribution < 1.29 is 4.79 Å². The SMILES string of the molecule is Cc1cccc(/C=C\C(=O)Nc2sc3c(c2C#N)CCNC3)c1C. The maximum Gasteiger partial charge on any atom is 0.249 e. The van der Waals surface area contributed by atoms with E-state index >= 15 is 0 Å². The second-order valence-electron chi connectivity index (χ2n) is 5.86. The molecule has 4 nitrogen and oxygen atoms in total. The van der Waals surface area contributed by atoms with Crippen LogP contribution in [0.2, 0.25) is 0 Å². The Kier molecular flexibility index (Phi) is 4.79. The highest BCUT2D eigenvalue weighted by atomic mass is 32.1. The number of anilines is 1. The summed E-state index contributed by atoms with van der Waals surface area (Å²) in [5.74, 6) is -0.209. The quantitative estimate of drug-likeness (QED) is 0.842. The number of benzene rings is 1. The molecule has 1 aromatic carbocycles. The number of carbonyl (C=O) groups excluding carboxylic acids is 1. The third-order valence-corrected chi connectivity index (χ3v) is 5.48. The molecule has 2 aromatic rings. The molecule has 0 radical (unpaired) electrons. The summed E-state index contributed by atoms with van der Waals surface area (Å²) in [5, 5.41) is 16.2. The van der Waals surface area contributed by atoms with Gasteiger partial charge in [-0.1, -0.05) is 18.2 Å². The van der Waals surface area contributed by atoms with Gasteiger partial charge in [0.15, 0.2) is 0 Å². The number of nitriles is 1. The molecule has 3 rings (SSSR count).